The molecule has 0 aliphatic carbocycles. The van der Waals surface area contributed by atoms with Crippen molar-refractivity contribution in [3.63, 3.8) is 0 Å². The van der Waals surface area contributed by atoms with Crippen molar-refractivity contribution in [3.8, 4) is 0 Å². The number of piperidine rings is 1. The maximum Gasteiger partial charge on any atom is 0.126 e. The fourth-order valence-corrected chi connectivity index (χ4v) is 2.88. The molecule has 2 rings (SSSR count). The first-order valence-corrected chi connectivity index (χ1v) is 6.54. The number of nitrogens with two attached hydrogens (primary N) is 1. The molecule has 4 nitrogen and oxygen atoms in total. The van der Waals surface area contributed by atoms with Crippen molar-refractivity contribution >= 4 is 5.82 Å². The van der Waals surface area contributed by atoms with E-state index in [1.54, 1.807) is 4.68 Å². The van der Waals surface area contributed by atoms with Crippen LogP contribution in [0.2, 0.25) is 0 Å². The van der Waals surface area contributed by atoms with E-state index < -0.39 is 0 Å². The molecule has 4 heteroatoms. The fraction of sp³-hybridized carbons (Fsp3) is 0.769. The van der Waals surface area contributed by atoms with Gasteiger partial charge in [0.15, 0.2) is 0 Å². The molecule has 0 radical (unpaired) electrons. The summed E-state index contributed by atoms with van der Waals surface area (Å²) in [5.74, 6) is 0.812. The van der Waals surface area contributed by atoms with Gasteiger partial charge in [0.25, 0.3) is 0 Å². The van der Waals surface area contributed by atoms with Crippen LogP contribution >= 0.6 is 0 Å². The Morgan fingerprint density at radius 3 is 2.35 bits per heavy atom. The molecule has 2 atom stereocenters. The molecule has 17 heavy (non-hydrogen) atoms. The van der Waals surface area contributed by atoms with Gasteiger partial charge in [0, 0.05) is 31.2 Å². The largest absolute Gasteiger partial charge is 0.384 e. The molecule has 2 unspecified atom stereocenters. The number of likely N-dealkylation sites (tertiary alicyclic amines) is 1. The third kappa shape index (κ3) is 2.32. The van der Waals surface area contributed by atoms with Gasteiger partial charge in [-0.15, -0.1) is 0 Å². The van der Waals surface area contributed by atoms with Gasteiger partial charge < -0.3 is 5.73 Å². The molecule has 2 heterocycles. The maximum atomic E-state index is 6.09. The summed E-state index contributed by atoms with van der Waals surface area (Å²) in [5, 5.41) is 4.39. The molecule has 0 bridgehead atoms. The number of anilines is 1. The molecule has 1 aliphatic rings. The lowest BCUT2D eigenvalue weighted by atomic mass is 9.97. The summed E-state index contributed by atoms with van der Waals surface area (Å²) >= 11 is 0. The van der Waals surface area contributed by atoms with Crippen molar-refractivity contribution < 1.29 is 0 Å². The van der Waals surface area contributed by atoms with Crippen LogP contribution in [0.15, 0.2) is 0 Å². The van der Waals surface area contributed by atoms with Crippen molar-refractivity contribution in [3.05, 3.63) is 11.3 Å². The van der Waals surface area contributed by atoms with Crippen LogP contribution in [0.25, 0.3) is 0 Å². The van der Waals surface area contributed by atoms with E-state index in [1.165, 1.54) is 24.8 Å². The number of aryl methyl sites for hydroxylation is 2. The summed E-state index contributed by atoms with van der Waals surface area (Å²) in [5.41, 5.74) is 8.35. The molecule has 96 valence electrons. The van der Waals surface area contributed by atoms with Crippen LogP contribution < -0.4 is 5.73 Å². The average molecular weight is 236 g/mol. The smallest absolute Gasteiger partial charge is 0.126 e. The number of rotatable bonds is 2. The fourth-order valence-electron chi connectivity index (χ4n) is 2.88. The highest BCUT2D eigenvalue weighted by atomic mass is 15.3. The first-order valence-electron chi connectivity index (χ1n) is 6.54. The molecule has 0 amide bonds. The van der Waals surface area contributed by atoms with Gasteiger partial charge in [-0.2, -0.15) is 5.10 Å². The summed E-state index contributed by atoms with van der Waals surface area (Å²) < 4.78 is 1.78. The SMILES string of the molecule is Cc1nn(C)c(N)c1CN1C(C)CCCC1C. The van der Waals surface area contributed by atoms with Crippen molar-refractivity contribution in [2.45, 2.75) is 58.7 Å². The van der Waals surface area contributed by atoms with Gasteiger partial charge in [0.2, 0.25) is 0 Å². The molecular weight excluding hydrogens is 212 g/mol. The summed E-state index contributed by atoms with van der Waals surface area (Å²) in [6, 6.07) is 1.30. The zero-order chi connectivity index (χ0) is 12.6. The number of aromatic nitrogens is 2. The normalized spacial score (nSPS) is 26.4. The Morgan fingerprint density at radius 2 is 1.88 bits per heavy atom. The van der Waals surface area contributed by atoms with E-state index in [4.69, 9.17) is 5.73 Å². The third-order valence-electron chi connectivity index (χ3n) is 4.11. The third-order valence-corrected chi connectivity index (χ3v) is 4.11. The summed E-state index contributed by atoms with van der Waals surface area (Å²) in [6.07, 6.45) is 3.94. The van der Waals surface area contributed by atoms with E-state index in [-0.39, 0.29) is 0 Å². The first kappa shape index (κ1) is 12.4. The summed E-state index contributed by atoms with van der Waals surface area (Å²) in [4.78, 5) is 2.56. The molecule has 1 aliphatic heterocycles. The van der Waals surface area contributed by atoms with Gasteiger partial charge in [-0.1, -0.05) is 6.42 Å². The van der Waals surface area contributed by atoms with Crippen LogP contribution in [0.3, 0.4) is 0 Å². The number of nitrogens with zero attached hydrogens (tertiary/aromatic N) is 3. The average Bonchev–Trinajstić information content (AvgIpc) is 2.49. The predicted molar refractivity (Wildman–Crippen MR) is 70.7 cm³/mol. The van der Waals surface area contributed by atoms with E-state index in [0.29, 0.717) is 12.1 Å². The quantitative estimate of drug-likeness (QED) is 0.855. The molecule has 1 aromatic heterocycles. The minimum Gasteiger partial charge on any atom is -0.384 e. The van der Waals surface area contributed by atoms with Crippen molar-refractivity contribution in [2.75, 3.05) is 5.73 Å². The highest BCUT2D eigenvalue weighted by molar-refractivity contribution is 5.42. The second kappa shape index (κ2) is 4.69. The number of hydrogen-bond donors (Lipinski definition) is 1. The first-order chi connectivity index (χ1) is 8.00. The van der Waals surface area contributed by atoms with Crippen molar-refractivity contribution in [1.82, 2.24) is 14.7 Å². The van der Waals surface area contributed by atoms with Gasteiger partial charge in [-0.25, -0.2) is 0 Å². The lowest BCUT2D eigenvalue weighted by Crippen LogP contribution is -2.43. The summed E-state index contributed by atoms with van der Waals surface area (Å²) in [6.45, 7) is 7.62. The second-order valence-corrected chi connectivity index (χ2v) is 5.37. The van der Waals surface area contributed by atoms with Crippen LogP contribution in [0, 0.1) is 6.92 Å². The van der Waals surface area contributed by atoms with Gasteiger partial charge in [0.1, 0.15) is 5.82 Å². The van der Waals surface area contributed by atoms with Crippen LogP contribution in [0.5, 0.6) is 0 Å². The molecule has 1 aromatic rings. The Bertz CT molecular complexity index is 386. The van der Waals surface area contributed by atoms with Gasteiger partial charge in [-0.05, 0) is 33.6 Å². The Labute approximate surface area is 104 Å². The molecular formula is C13H24N4. The molecule has 2 N–H and O–H groups in total. The monoisotopic (exact) mass is 236 g/mol. The highest BCUT2D eigenvalue weighted by Gasteiger charge is 2.26. The van der Waals surface area contributed by atoms with E-state index in [1.807, 2.05) is 14.0 Å². The molecule has 0 spiro atoms. The van der Waals surface area contributed by atoms with E-state index in [0.717, 1.165) is 18.1 Å². The molecule has 1 fully saturated rings. The molecule has 0 aromatic carbocycles. The Morgan fingerprint density at radius 1 is 1.29 bits per heavy atom. The van der Waals surface area contributed by atoms with Crippen LogP contribution in [-0.2, 0) is 13.6 Å². The Kier molecular flexibility index (Phi) is 3.43. The van der Waals surface area contributed by atoms with Crippen LogP contribution in [-0.4, -0.2) is 26.8 Å². The lowest BCUT2D eigenvalue weighted by Gasteiger charge is -2.39. The van der Waals surface area contributed by atoms with Crippen molar-refractivity contribution in [2.24, 2.45) is 7.05 Å². The van der Waals surface area contributed by atoms with Gasteiger partial charge in [-0.3, -0.25) is 9.58 Å². The van der Waals surface area contributed by atoms with Crippen LogP contribution in [0.1, 0.15) is 44.4 Å². The standard InChI is InChI=1S/C13H24N4/c1-9-6-5-7-10(2)17(9)8-12-11(3)15-16(4)13(12)14/h9-10H,5-8,14H2,1-4H3. The summed E-state index contributed by atoms with van der Waals surface area (Å²) in [7, 11) is 1.91. The Balaban J connectivity index is 2.19. The molecule has 0 saturated carbocycles. The molecule has 1 saturated heterocycles. The minimum absolute atomic E-state index is 0.651. The zero-order valence-electron chi connectivity index (χ0n) is 11.4. The predicted octanol–water partition coefficient (Wildman–Crippen LogP) is 2.07. The van der Waals surface area contributed by atoms with E-state index in [9.17, 15) is 0 Å². The van der Waals surface area contributed by atoms with Crippen LogP contribution in [0.4, 0.5) is 5.82 Å². The van der Waals surface area contributed by atoms with E-state index >= 15 is 0 Å². The minimum atomic E-state index is 0.651. The maximum absolute atomic E-state index is 6.09. The van der Waals surface area contributed by atoms with Gasteiger partial charge >= 0.3 is 0 Å². The second-order valence-electron chi connectivity index (χ2n) is 5.37. The lowest BCUT2D eigenvalue weighted by molar-refractivity contribution is 0.0953. The van der Waals surface area contributed by atoms with E-state index in [2.05, 4.69) is 23.8 Å². The highest BCUT2D eigenvalue weighted by Crippen LogP contribution is 2.27. The Hall–Kier alpha value is -1.03. The van der Waals surface area contributed by atoms with Gasteiger partial charge in [0.05, 0.1) is 5.69 Å². The van der Waals surface area contributed by atoms with Crippen molar-refractivity contribution in [1.29, 1.82) is 0 Å². The zero-order valence-corrected chi connectivity index (χ0v) is 11.4. The number of hydrogen-bond acceptors (Lipinski definition) is 3. The number of nitrogen functional groups attached to an aromatic ring is 1. The topological polar surface area (TPSA) is 47.1 Å².